The van der Waals surface area contributed by atoms with Crippen molar-refractivity contribution < 1.29 is 69.1 Å². The van der Waals surface area contributed by atoms with Crippen LogP contribution in [0, 0.1) is 0 Å². The molecule has 0 radical (unpaired) electrons. The van der Waals surface area contributed by atoms with Gasteiger partial charge in [-0.15, -0.1) is 5.46 Å². The molecule has 0 unspecified atom stereocenters. The van der Waals surface area contributed by atoms with Crippen LogP contribution >= 0.6 is 0 Å². The summed E-state index contributed by atoms with van der Waals surface area (Å²) in [7, 11) is 1.47. The summed E-state index contributed by atoms with van der Waals surface area (Å²) in [6.45, 7) is -4.60. The fraction of sp³-hybridized carbons (Fsp3) is 0.333. The van der Waals surface area contributed by atoms with Crippen LogP contribution in [-0.4, -0.2) is 20.7 Å². The van der Waals surface area contributed by atoms with E-state index in [0.29, 0.717) is 18.6 Å². The number of benzene rings is 1. The summed E-state index contributed by atoms with van der Waals surface area (Å²) < 4.78 is 42.2. The van der Waals surface area contributed by atoms with Crippen LogP contribution in [0.4, 0.5) is 12.9 Å². The third-order valence-corrected chi connectivity index (χ3v) is 1.98. The zero-order chi connectivity index (χ0) is 10.6. The molecule has 6 heteroatoms. The molecule has 78 valence electrons. The summed E-state index contributed by atoms with van der Waals surface area (Å²) in [5, 5.41) is 0. The first-order valence-corrected chi connectivity index (χ1v) is 4.32. The molecule has 1 aromatic rings. The SMILES string of the molecule is COCCc1ccccc1[B-](F)(F)F.[K+]. The fourth-order valence-electron chi connectivity index (χ4n) is 1.29. The summed E-state index contributed by atoms with van der Waals surface area (Å²) in [5.74, 6) is 0. The van der Waals surface area contributed by atoms with Gasteiger partial charge < -0.3 is 17.7 Å². The van der Waals surface area contributed by atoms with E-state index in [1.54, 1.807) is 6.07 Å². The molecule has 1 rings (SSSR count). The monoisotopic (exact) mass is 242 g/mol. The number of hydrogen-bond acceptors (Lipinski definition) is 1. The number of hydrogen-bond donors (Lipinski definition) is 0. The summed E-state index contributed by atoms with van der Waals surface area (Å²) in [4.78, 5) is 0. The van der Waals surface area contributed by atoms with Gasteiger partial charge in [-0.3, -0.25) is 0 Å². The van der Waals surface area contributed by atoms with Crippen molar-refractivity contribution >= 4 is 12.4 Å². The van der Waals surface area contributed by atoms with E-state index in [0.717, 1.165) is 6.07 Å². The Balaban J connectivity index is 0.00000196. The quantitative estimate of drug-likeness (QED) is 0.611. The van der Waals surface area contributed by atoms with E-state index in [2.05, 4.69) is 0 Å². The van der Waals surface area contributed by atoms with Gasteiger partial charge in [0, 0.05) is 7.11 Å². The Labute approximate surface area is 130 Å². The Hall–Kier alpha value is 0.671. The van der Waals surface area contributed by atoms with Crippen molar-refractivity contribution in [1.82, 2.24) is 0 Å². The second kappa shape index (κ2) is 7.09. The van der Waals surface area contributed by atoms with Gasteiger partial charge in [-0.05, 0) is 6.42 Å². The zero-order valence-corrected chi connectivity index (χ0v) is 12.0. The van der Waals surface area contributed by atoms with E-state index in [1.807, 2.05) is 0 Å². The Bertz CT molecular complexity index is 304. The third kappa shape index (κ3) is 5.02. The van der Waals surface area contributed by atoms with Crippen molar-refractivity contribution in [2.75, 3.05) is 13.7 Å². The predicted molar refractivity (Wildman–Crippen MR) is 50.7 cm³/mol. The summed E-state index contributed by atoms with van der Waals surface area (Å²) in [6.07, 6.45) is 0.300. The summed E-state index contributed by atoms with van der Waals surface area (Å²) in [5.41, 5.74) is -0.202. The number of methoxy groups -OCH3 is 1. The van der Waals surface area contributed by atoms with Crippen molar-refractivity contribution in [3.63, 3.8) is 0 Å². The molecule has 0 saturated carbocycles. The normalized spacial score (nSPS) is 10.9. The number of ether oxygens (including phenoxy) is 1. The molecule has 0 aliphatic carbocycles. The second-order valence-corrected chi connectivity index (χ2v) is 3.02. The van der Waals surface area contributed by atoms with Gasteiger partial charge in [0.15, 0.2) is 0 Å². The minimum Gasteiger partial charge on any atom is -0.445 e. The maximum absolute atomic E-state index is 12.5. The molecule has 1 nitrogen and oxygen atoms in total. The first kappa shape index (κ1) is 15.7. The largest absolute Gasteiger partial charge is 1.00 e. The van der Waals surface area contributed by atoms with Gasteiger partial charge in [0.05, 0.1) is 6.61 Å². The Morgan fingerprint density at radius 1 is 1.20 bits per heavy atom. The molecular weight excluding hydrogens is 231 g/mol. The molecule has 15 heavy (non-hydrogen) atoms. The van der Waals surface area contributed by atoms with Crippen LogP contribution in [0.5, 0.6) is 0 Å². The van der Waals surface area contributed by atoms with Gasteiger partial charge in [0.1, 0.15) is 0 Å². The topological polar surface area (TPSA) is 9.23 Å². The van der Waals surface area contributed by atoms with Gasteiger partial charge in [-0.1, -0.05) is 29.8 Å². The number of halogens is 3. The van der Waals surface area contributed by atoms with Crippen LogP contribution in [0.3, 0.4) is 0 Å². The molecule has 0 atom stereocenters. The van der Waals surface area contributed by atoms with Crippen LogP contribution in [0.25, 0.3) is 0 Å². The second-order valence-electron chi connectivity index (χ2n) is 3.02. The molecule has 0 aromatic heterocycles. The van der Waals surface area contributed by atoms with E-state index >= 15 is 0 Å². The van der Waals surface area contributed by atoms with Crippen molar-refractivity contribution in [3.8, 4) is 0 Å². The summed E-state index contributed by atoms with van der Waals surface area (Å²) >= 11 is 0. The molecule has 0 aliphatic rings. The smallest absolute Gasteiger partial charge is 0.445 e. The predicted octanol–water partition coefficient (Wildman–Crippen LogP) is -1.07. The van der Waals surface area contributed by atoms with Crippen LogP contribution in [-0.2, 0) is 11.2 Å². The molecule has 0 N–H and O–H groups in total. The van der Waals surface area contributed by atoms with E-state index in [4.69, 9.17) is 4.74 Å². The fourth-order valence-corrected chi connectivity index (χ4v) is 1.29. The third-order valence-electron chi connectivity index (χ3n) is 1.98. The van der Waals surface area contributed by atoms with Gasteiger partial charge in [0.25, 0.3) is 0 Å². The first-order chi connectivity index (χ1) is 6.55. The summed E-state index contributed by atoms with van der Waals surface area (Å²) in [6, 6.07) is 5.62. The van der Waals surface area contributed by atoms with Crippen molar-refractivity contribution in [2.24, 2.45) is 0 Å². The van der Waals surface area contributed by atoms with Gasteiger partial charge in [-0.25, -0.2) is 0 Å². The van der Waals surface area contributed by atoms with Gasteiger partial charge in [0.2, 0.25) is 0 Å². The van der Waals surface area contributed by atoms with E-state index < -0.39 is 12.4 Å². The molecule has 0 saturated heterocycles. The molecule has 0 heterocycles. The molecule has 0 fully saturated rings. The van der Waals surface area contributed by atoms with Gasteiger partial charge in [-0.2, -0.15) is 0 Å². The Morgan fingerprint density at radius 3 is 2.33 bits per heavy atom. The zero-order valence-electron chi connectivity index (χ0n) is 8.84. The molecular formula is C9H11BF3KO. The average Bonchev–Trinajstić information content (AvgIpc) is 2.14. The average molecular weight is 242 g/mol. The minimum absolute atomic E-state index is 0. The molecule has 0 amide bonds. The molecule has 0 aliphatic heterocycles. The van der Waals surface area contributed by atoms with Crippen LogP contribution < -0.4 is 56.8 Å². The maximum atomic E-state index is 12.5. The van der Waals surface area contributed by atoms with E-state index in [1.165, 1.54) is 19.2 Å². The number of rotatable bonds is 4. The molecule has 1 aromatic carbocycles. The van der Waals surface area contributed by atoms with E-state index in [9.17, 15) is 12.9 Å². The van der Waals surface area contributed by atoms with Crippen molar-refractivity contribution in [2.45, 2.75) is 6.42 Å². The minimum atomic E-state index is -4.91. The molecule has 0 spiro atoms. The van der Waals surface area contributed by atoms with Gasteiger partial charge >= 0.3 is 58.4 Å². The van der Waals surface area contributed by atoms with Crippen LogP contribution in [0.1, 0.15) is 5.56 Å². The van der Waals surface area contributed by atoms with Crippen LogP contribution in [0.2, 0.25) is 0 Å². The maximum Gasteiger partial charge on any atom is 1.00 e. The van der Waals surface area contributed by atoms with Crippen LogP contribution in [0.15, 0.2) is 24.3 Å². The van der Waals surface area contributed by atoms with Crippen molar-refractivity contribution in [1.29, 1.82) is 0 Å². The van der Waals surface area contributed by atoms with E-state index in [-0.39, 0.29) is 51.4 Å². The standard InChI is InChI=1S/C9H11BF3O.K/c1-14-7-6-8-4-2-3-5-9(8)10(11,12)13;/h2-5H,6-7H2,1H3;/q-1;+1. The first-order valence-electron chi connectivity index (χ1n) is 4.32. The Morgan fingerprint density at radius 2 is 1.80 bits per heavy atom. The molecule has 0 bridgehead atoms. The Kier molecular flexibility index (Phi) is 7.40. The van der Waals surface area contributed by atoms with Crippen molar-refractivity contribution in [3.05, 3.63) is 29.8 Å².